The molecule has 98 valence electrons. The van der Waals surface area contributed by atoms with Gasteiger partial charge in [-0.25, -0.2) is 0 Å². The van der Waals surface area contributed by atoms with Gasteiger partial charge in [0.15, 0.2) is 11.5 Å². The van der Waals surface area contributed by atoms with Crippen LogP contribution in [0.5, 0.6) is 11.5 Å². The second-order valence-corrected chi connectivity index (χ2v) is 6.51. The Kier molecular flexibility index (Phi) is 3.78. The maximum atomic E-state index is 5.77. The summed E-state index contributed by atoms with van der Waals surface area (Å²) in [5.41, 5.74) is 1.41. The molecule has 2 aliphatic rings. The summed E-state index contributed by atoms with van der Waals surface area (Å²) in [5.74, 6) is 2.50. The molecule has 2 nitrogen and oxygen atoms in total. The van der Waals surface area contributed by atoms with Crippen molar-refractivity contribution in [2.24, 2.45) is 0 Å². The molecule has 1 heterocycles. The van der Waals surface area contributed by atoms with E-state index in [0.29, 0.717) is 10.7 Å². The molecule has 0 radical (unpaired) electrons. The summed E-state index contributed by atoms with van der Waals surface area (Å²) in [7, 11) is 0. The molecular weight excluding hydrogens is 292 g/mol. The van der Waals surface area contributed by atoms with Gasteiger partial charge in [0, 0.05) is 11.2 Å². The highest BCUT2D eigenvalue weighted by atomic mass is 79.9. The molecule has 0 bridgehead atoms. The van der Waals surface area contributed by atoms with Crippen molar-refractivity contribution in [2.75, 3.05) is 13.2 Å². The van der Waals surface area contributed by atoms with Crippen LogP contribution in [0.3, 0.4) is 0 Å². The summed E-state index contributed by atoms with van der Waals surface area (Å²) >= 11 is 3.76. The number of halogens is 1. The van der Waals surface area contributed by atoms with Crippen LogP contribution in [0.15, 0.2) is 18.2 Å². The van der Waals surface area contributed by atoms with Crippen molar-refractivity contribution < 1.29 is 9.47 Å². The van der Waals surface area contributed by atoms with E-state index in [1.54, 1.807) is 0 Å². The van der Waals surface area contributed by atoms with Gasteiger partial charge in [-0.15, -0.1) is 0 Å². The molecule has 0 N–H and O–H groups in total. The summed E-state index contributed by atoms with van der Waals surface area (Å²) in [6.07, 6.45) is 6.12. The number of fused-ring (bicyclic) bond motifs is 1. The van der Waals surface area contributed by atoms with E-state index in [4.69, 9.17) is 9.47 Å². The van der Waals surface area contributed by atoms with E-state index in [1.807, 2.05) is 0 Å². The van der Waals surface area contributed by atoms with E-state index in [1.165, 1.54) is 31.2 Å². The number of hydrogen-bond acceptors (Lipinski definition) is 2. The minimum absolute atomic E-state index is 0.667. The first-order valence-corrected chi connectivity index (χ1v) is 7.78. The highest BCUT2D eigenvalue weighted by Crippen LogP contribution is 2.39. The molecule has 1 aliphatic carbocycles. The lowest BCUT2D eigenvalue weighted by Crippen LogP contribution is -2.13. The van der Waals surface area contributed by atoms with Gasteiger partial charge in [-0.3, -0.25) is 0 Å². The summed E-state index contributed by atoms with van der Waals surface area (Å²) in [6, 6.07) is 6.48. The van der Waals surface area contributed by atoms with Crippen LogP contribution in [-0.2, 0) is 0 Å². The van der Waals surface area contributed by atoms with Crippen molar-refractivity contribution in [1.82, 2.24) is 0 Å². The average Bonchev–Trinajstić information content (AvgIpc) is 2.63. The van der Waals surface area contributed by atoms with Crippen molar-refractivity contribution in [2.45, 2.75) is 42.8 Å². The van der Waals surface area contributed by atoms with Crippen LogP contribution in [0.25, 0.3) is 0 Å². The minimum atomic E-state index is 0.667. The predicted molar refractivity (Wildman–Crippen MR) is 76.0 cm³/mol. The zero-order valence-corrected chi connectivity index (χ0v) is 12.1. The molecule has 2 atom stereocenters. The molecular formula is C15H19BrO2. The Morgan fingerprint density at radius 2 is 1.83 bits per heavy atom. The normalized spacial score (nSPS) is 27.6. The Morgan fingerprint density at radius 3 is 2.67 bits per heavy atom. The Labute approximate surface area is 117 Å². The Hall–Kier alpha value is -0.700. The van der Waals surface area contributed by atoms with Gasteiger partial charge in [0.2, 0.25) is 0 Å². The van der Waals surface area contributed by atoms with E-state index in [0.717, 1.165) is 31.1 Å². The third kappa shape index (κ3) is 2.66. The van der Waals surface area contributed by atoms with Gasteiger partial charge in [-0.1, -0.05) is 28.4 Å². The quantitative estimate of drug-likeness (QED) is 0.721. The molecule has 2 unspecified atom stereocenters. The predicted octanol–water partition coefficient (Wildman–Crippen LogP) is 4.27. The van der Waals surface area contributed by atoms with E-state index >= 15 is 0 Å². The van der Waals surface area contributed by atoms with Gasteiger partial charge in [0.25, 0.3) is 0 Å². The standard InChI is InChI=1S/C15H19BrO2/c16-13-4-1-3-11(9-13)12-5-6-14-15(10-12)18-8-2-7-17-14/h5-6,10-11,13H,1-4,7-9H2. The lowest BCUT2D eigenvalue weighted by Gasteiger charge is -2.26. The van der Waals surface area contributed by atoms with Crippen LogP contribution in [0.2, 0.25) is 0 Å². The van der Waals surface area contributed by atoms with Crippen molar-refractivity contribution >= 4 is 15.9 Å². The third-order valence-corrected chi connectivity index (χ3v) is 4.68. The van der Waals surface area contributed by atoms with Gasteiger partial charge in [0.05, 0.1) is 13.2 Å². The SMILES string of the molecule is BrC1CCCC(c2ccc3c(c2)OCCCO3)C1. The number of hydrogen-bond donors (Lipinski definition) is 0. The van der Waals surface area contributed by atoms with E-state index in [9.17, 15) is 0 Å². The molecule has 1 saturated carbocycles. The molecule has 0 spiro atoms. The van der Waals surface area contributed by atoms with Crippen molar-refractivity contribution in [1.29, 1.82) is 0 Å². The lowest BCUT2D eigenvalue weighted by atomic mass is 9.84. The van der Waals surface area contributed by atoms with E-state index in [2.05, 4.69) is 34.1 Å². The van der Waals surface area contributed by atoms with E-state index < -0.39 is 0 Å². The maximum absolute atomic E-state index is 5.77. The number of rotatable bonds is 1. The largest absolute Gasteiger partial charge is 0.490 e. The molecule has 18 heavy (non-hydrogen) atoms. The van der Waals surface area contributed by atoms with Gasteiger partial charge in [-0.2, -0.15) is 0 Å². The van der Waals surface area contributed by atoms with Gasteiger partial charge in [-0.05, 0) is 42.9 Å². The van der Waals surface area contributed by atoms with Gasteiger partial charge >= 0.3 is 0 Å². The van der Waals surface area contributed by atoms with E-state index in [-0.39, 0.29) is 0 Å². The smallest absolute Gasteiger partial charge is 0.161 e. The molecule has 0 aromatic heterocycles. The number of ether oxygens (including phenoxy) is 2. The first-order valence-electron chi connectivity index (χ1n) is 6.86. The molecule has 0 saturated heterocycles. The lowest BCUT2D eigenvalue weighted by molar-refractivity contribution is 0.297. The Bertz CT molecular complexity index is 419. The minimum Gasteiger partial charge on any atom is -0.490 e. The fourth-order valence-corrected chi connectivity index (χ4v) is 3.64. The highest BCUT2D eigenvalue weighted by molar-refractivity contribution is 9.09. The third-order valence-electron chi connectivity index (χ3n) is 3.85. The molecule has 1 aliphatic heterocycles. The first-order chi connectivity index (χ1) is 8.83. The van der Waals surface area contributed by atoms with Crippen molar-refractivity contribution in [3.05, 3.63) is 23.8 Å². The maximum Gasteiger partial charge on any atom is 0.161 e. The van der Waals surface area contributed by atoms with Gasteiger partial charge < -0.3 is 9.47 Å². The fourth-order valence-electron chi connectivity index (χ4n) is 2.87. The van der Waals surface area contributed by atoms with Crippen molar-refractivity contribution in [3.8, 4) is 11.5 Å². The first kappa shape index (κ1) is 12.3. The summed E-state index contributed by atoms with van der Waals surface area (Å²) < 4.78 is 11.4. The highest BCUT2D eigenvalue weighted by Gasteiger charge is 2.22. The fraction of sp³-hybridized carbons (Fsp3) is 0.600. The van der Waals surface area contributed by atoms with Crippen LogP contribution in [0.1, 0.15) is 43.6 Å². The Balaban J connectivity index is 1.82. The summed E-state index contributed by atoms with van der Waals surface area (Å²) in [6.45, 7) is 1.53. The number of benzene rings is 1. The Morgan fingerprint density at radius 1 is 1.00 bits per heavy atom. The summed E-state index contributed by atoms with van der Waals surface area (Å²) in [4.78, 5) is 0.673. The molecule has 1 fully saturated rings. The van der Waals surface area contributed by atoms with Crippen molar-refractivity contribution in [3.63, 3.8) is 0 Å². The van der Waals surface area contributed by atoms with Gasteiger partial charge in [0.1, 0.15) is 0 Å². The number of alkyl halides is 1. The molecule has 0 amide bonds. The zero-order valence-electron chi connectivity index (χ0n) is 10.5. The van der Waals surface area contributed by atoms with Crippen LogP contribution in [0, 0.1) is 0 Å². The van der Waals surface area contributed by atoms with Crippen LogP contribution in [-0.4, -0.2) is 18.0 Å². The summed E-state index contributed by atoms with van der Waals surface area (Å²) in [5, 5.41) is 0. The molecule has 3 heteroatoms. The van der Waals surface area contributed by atoms with Crippen LogP contribution < -0.4 is 9.47 Å². The molecule has 3 rings (SSSR count). The molecule has 1 aromatic carbocycles. The topological polar surface area (TPSA) is 18.5 Å². The van der Waals surface area contributed by atoms with Crippen LogP contribution in [0.4, 0.5) is 0 Å². The second kappa shape index (κ2) is 5.52. The monoisotopic (exact) mass is 310 g/mol. The van der Waals surface area contributed by atoms with Crippen LogP contribution >= 0.6 is 15.9 Å². The zero-order chi connectivity index (χ0) is 12.4. The average molecular weight is 311 g/mol. The second-order valence-electron chi connectivity index (χ2n) is 5.22. The molecule has 1 aromatic rings.